The standard InChI is InChI=1S/C6H14N2O3S/c1-4-7-6(9)5-8(2)12(3,10)11/h4-5H2,1-3H3,(H,7,9). The van der Waals surface area contributed by atoms with E-state index in [-0.39, 0.29) is 12.5 Å². The molecule has 0 unspecified atom stereocenters. The molecule has 0 saturated heterocycles. The molecule has 12 heavy (non-hydrogen) atoms. The maximum Gasteiger partial charge on any atom is 0.235 e. The Balaban J connectivity index is 4.02. The third kappa shape index (κ3) is 4.30. The Morgan fingerprint density at radius 1 is 1.50 bits per heavy atom. The van der Waals surface area contributed by atoms with Crippen LogP contribution < -0.4 is 5.32 Å². The number of carbonyl (C=O) groups is 1. The maximum atomic E-state index is 10.9. The molecular weight excluding hydrogens is 180 g/mol. The lowest BCUT2D eigenvalue weighted by atomic mass is 10.5. The van der Waals surface area contributed by atoms with Crippen LogP contribution in [0.1, 0.15) is 6.92 Å². The highest BCUT2D eigenvalue weighted by atomic mass is 32.2. The molecule has 72 valence electrons. The van der Waals surface area contributed by atoms with Crippen molar-refractivity contribution in [2.75, 3.05) is 26.4 Å². The van der Waals surface area contributed by atoms with Gasteiger partial charge >= 0.3 is 0 Å². The molecule has 0 aromatic rings. The number of likely N-dealkylation sites (N-methyl/N-ethyl adjacent to an activating group) is 2. The first-order valence-corrected chi connectivity index (χ1v) is 5.40. The summed E-state index contributed by atoms with van der Waals surface area (Å²) in [5.74, 6) is -0.287. The van der Waals surface area contributed by atoms with E-state index in [4.69, 9.17) is 0 Å². The minimum atomic E-state index is -3.24. The van der Waals surface area contributed by atoms with Gasteiger partial charge in [0.15, 0.2) is 0 Å². The molecule has 1 amide bonds. The van der Waals surface area contributed by atoms with Gasteiger partial charge < -0.3 is 5.32 Å². The molecule has 0 fully saturated rings. The predicted octanol–water partition coefficient (Wildman–Crippen LogP) is -0.986. The molecule has 0 atom stereocenters. The molecule has 1 N–H and O–H groups in total. The number of sulfonamides is 1. The van der Waals surface area contributed by atoms with E-state index < -0.39 is 10.0 Å². The van der Waals surface area contributed by atoms with Crippen LogP contribution in [0.3, 0.4) is 0 Å². The number of hydrogen-bond acceptors (Lipinski definition) is 3. The lowest BCUT2D eigenvalue weighted by Crippen LogP contribution is -2.37. The average Bonchev–Trinajstić information content (AvgIpc) is 1.85. The molecule has 0 aliphatic carbocycles. The van der Waals surface area contributed by atoms with Crippen molar-refractivity contribution in [3.05, 3.63) is 0 Å². The molecule has 0 rings (SSSR count). The van der Waals surface area contributed by atoms with Crippen LogP contribution in [0.2, 0.25) is 0 Å². The number of amides is 1. The molecule has 5 nitrogen and oxygen atoms in total. The fourth-order valence-electron chi connectivity index (χ4n) is 0.573. The summed E-state index contributed by atoms with van der Waals surface area (Å²) < 4.78 is 22.6. The number of hydrogen-bond donors (Lipinski definition) is 1. The van der Waals surface area contributed by atoms with Gasteiger partial charge in [0, 0.05) is 13.6 Å². The van der Waals surface area contributed by atoms with E-state index >= 15 is 0 Å². The Labute approximate surface area is 72.8 Å². The van der Waals surface area contributed by atoms with E-state index in [9.17, 15) is 13.2 Å². The van der Waals surface area contributed by atoms with E-state index in [0.29, 0.717) is 6.54 Å². The van der Waals surface area contributed by atoms with E-state index in [0.717, 1.165) is 10.6 Å². The highest BCUT2D eigenvalue weighted by Gasteiger charge is 2.13. The average molecular weight is 194 g/mol. The van der Waals surface area contributed by atoms with Gasteiger partial charge in [-0.25, -0.2) is 8.42 Å². The zero-order chi connectivity index (χ0) is 9.78. The number of rotatable bonds is 4. The van der Waals surface area contributed by atoms with Crippen LogP contribution in [0.4, 0.5) is 0 Å². The number of nitrogens with zero attached hydrogens (tertiary/aromatic N) is 1. The fourth-order valence-corrected chi connectivity index (χ4v) is 0.924. The van der Waals surface area contributed by atoms with Crippen molar-refractivity contribution in [2.45, 2.75) is 6.92 Å². The predicted molar refractivity (Wildman–Crippen MR) is 46.2 cm³/mol. The molecule has 0 radical (unpaired) electrons. The zero-order valence-electron chi connectivity index (χ0n) is 7.49. The molecule has 0 aliphatic rings. The van der Waals surface area contributed by atoms with Crippen molar-refractivity contribution in [3.8, 4) is 0 Å². The summed E-state index contributed by atoms with van der Waals surface area (Å²) in [4.78, 5) is 10.9. The monoisotopic (exact) mass is 194 g/mol. The van der Waals surface area contributed by atoms with Gasteiger partial charge in [-0.15, -0.1) is 0 Å². The van der Waals surface area contributed by atoms with Gasteiger partial charge in [-0.2, -0.15) is 4.31 Å². The van der Waals surface area contributed by atoms with Gasteiger partial charge in [0.05, 0.1) is 12.8 Å². The first kappa shape index (κ1) is 11.4. The van der Waals surface area contributed by atoms with Crippen molar-refractivity contribution >= 4 is 15.9 Å². The van der Waals surface area contributed by atoms with Crippen molar-refractivity contribution in [1.29, 1.82) is 0 Å². The Morgan fingerprint density at radius 3 is 2.33 bits per heavy atom. The summed E-state index contributed by atoms with van der Waals surface area (Å²) in [7, 11) is -1.88. The van der Waals surface area contributed by atoms with Crippen LogP contribution in [0, 0.1) is 0 Å². The summed E-state index contributed by atoms with van der Waals surface area (Å²) in [5, 5.41) is 2.50. The van der Waals surface area contributed by atoms with Crippen LogP contribution >= 0.6 is 0 Å². The fraction of sp³-hybridized carbons (Fsp3) is 0.833. The van der Waals surface area contributed by atoms with Crippen LogP contribution in [-0.4, -0.2) is 45.0 Å². The second-order valence-corrected chi connectivity index (χ2v) is 4.56. The first-order valence-electron chi connectivity index (χ1n) is 3.56. The molecule has 0 aliphatic heterocycles. The van der Waals surface area contributed by atoms with Gasteiger partial charge in [0.25, 0.3) is 0 Å². The number of nitrogens with one attached hydrogen (secondary N) is 1. The highest BCUT2D eigenvalue weighted by molar-refractivity contribution is 7.88. The SMILES string of the molecule is CCNC(=O)CN(C)S(C)(=O)=O. The van der Waals surface area contributed by atoms with Crippen LogP contribution in [0.15, 0.2) is 0 Å². The minimum absolute atomic E-state index is 0.118. The van der Waals surface area contributed by atoms with Crippen molar-refractivity contribution in [2.24, 2.45) is 0 Å². The molecular formula is C6H14N2O3S. The van der Waals surface area contributed by atoms with E-state index in [1.807, 2.05) is 0 Å². The summed E-state index contributed by atoms with van der Waals surface area (Å²) in [6, 6.07) is 0. The molecule has 0 aromatic heterocycles. The van der Waals surface area contributed by atoms with Crippen molar-refractivity contribution in [1.82, 2.24) is 9.62 Å². The number of carbonyl (C=O) groups excluding carboxylic acids is 1. The third-order valence-corrected chi connectivity index (χ3v) is 2.57. The maximum absolute atomic E-state index is 10.9. The van der Waals surface area contributed by atoms with E-state index in [1.54, 1.807) is 6.92 Å². The summed E-state index contributed by atoms with van der Waals surface area (Å²) in [6.07, 6.45) is 1.06. The quantitative estimate of drug-likeness (QED) is 0.625. The Kier molecular flexibility index (Phi) is 4.19. The van der Waals surface area contributed by atoms with Gasteiger partial charge in [0.1, 0.15) is 0 Å². The van der Waals surface area contributed by atoms with Crippen molar-refractivity contribution < 1.29 is 13.2 Å². The third-order valence-electron chi connectivity index (χ3n) is 1.31. The lowest BCUT2D eigenvalue weighted by Gasteiger charge is -2.12. The van der Waals surface area contributed by atoms with E-state index in [1.165, 1.54) is 7.05 Å². The lowest BCUT2D eigenvalue weighted by molar-refractivity contribution is -0.121. The largest absolute Gasteiger partial charge is 0.355 e. The summed E-state index contributed by atoms with van der Waals surface area (Å²) in [5.41, 5.74) is 0. The zero-order valence-corrected chi connectivity index (χ0v) is 8.31. The first-order chi connectivity index (χ1) is 5.38. The summed E-state index contributed by atoms with van der Waals surface area (Å²) in [6.45, 7) is 2.17. The van der Waals surface area contributed by atoms with Gasteiger partial charge in [-0.1, -0.05) is 0 Å². The van der Waals surface area contributed by atoms with Gasteiger partial charge in [-0.05, 0) is 6.92 Å². The molecule has 0 heterocycles. The van der Waals surface area contributed by atoms with Crippen molar-refractivity contribution in [3.63, 3.8) is 0 Å². The molecule has 0 saturated carbocycles. The highest BCUT2D eigenvalue weighted by Crippen LogP contribution is 1.90. The van der Waals surface area contributed by atoms with E-state index in [2.05, 4.69) is 5.32 Å². The smallest absolute Gasteiger partial charge is 0.235 e. The molecule has 0 aromatic carbocycles. The molecule has 0 spiro atoms. The Morgan fingerprint density at radius 2 is 2.00 bits per heavy atom. The molecule has 6 heteroatoms. The van der Waals surface area contributed by atoms with Gasteiger partial charge in [0.2, 0.25) is 15.9 Å². The van der Waals surface area contributed by atoms with Gasteiger partial charge in [-0.3, -0.25) is 4.79 Å². The Bertz CT molecular complexity index is 248. The summed E-state index contributed by atoms with van der Waals surface area (Å²) >= 11 is 0. The van der Waals surface area contributed by atoms with Crippen LogP contribution in [-0.2, 0) is 14.8 Å². The van der Waals surface area contributed by atoms with Crippen LogP contribution in [0.5, 0.6) is 0 Å². The van der Waals surface area contributed by atoms with Crippen LogP contribution in [0.25, 0.3) is 0 Å². The Hall–Kier alpha value is -0.620. The normalized spacial score (nSPS) is 11.7. The molecule has 0 bridgehead atoms. The second kappa shape index (κ2) is 4.42. The minimum Gasteiger partial charge on any atom is -0.355 e. The topological polar surface area (TPSA) is 66.5 Å². The second-order valence-electron chi connectivity index (χ2n) is 2.47.